The summed E-state index contributed by atoms with van der Waals surface area (Å²) in [5.41, 5.74) is -1.11. The van der Waals surface area contributed by atoms with Crippen LogP contribution in [0.2, 0.25) is 0 Å². The van der Waals surface area contributed by atoms with Crippen LogP contribution in [-0.2, 0) is 16.2 Å². The maximum absolute atomic E-state index is 13.1. The molecular weight excluding hydrogens is 317 g/mol. The zero-order valence-corrected chi connectivity index (χ0v) is 13.0. The minimum absolute atomic E-state index is 0.117. The van der Waals surface area contributed by atoms with Crippen molar-refractivity contribution in [3.63, 3.8) is 0 Å². The second-order valence-electron chi connectivity index (χ2n) is 5.42. The first kappa shape index (κ1) is 17.2. The van der Waals surface area contributed by atoms with E-state index in [9.17, 15) is 21.6 Å². The van der Waals surface area contributed by atoms with E-state index in [2.05, 4.69) is 5.32 Å². The van der Waals surface area contributed by atoms with Crippen LogP contribution in [0.5, 0.6) is 0 Å². The van der Waals surface area contributed by atoms with Gasteiger partial charge in [0, 0.05) is 13.1 Å². The molecule has 1 N–H and O–H groups in total. The van der Waals surface area contributed by atoms with Crippen LogP contribution >= 0.6 is 0 Å². The van der Waals surface area contributed by atoms with Gasteiger partial charge in [0.25, 0.3) is 0 Å². The largest absolute Gasteiger partial charge is 0.417 e. The van der Waals surface area contributed by atoms with Crippen molar-refractivity contribution >= 4 is 10.0 Å². The molecule has 0 aromatic heterocycles. The van der Waals surface area contributed by atoms with E-state index in [4.69, 9.17) is 0 Å². The summed E-state index contributed by atoms with van der Waals surface area (Å²) in [5.74, 6) is 0.117. The molecular formula is C14H19F3N2O2S. The van der Waals surface area contributed by atoms with Gasteiger partial charge in [0.2, 0.25) is 10.0 Å². The van der Waals surface area contributed by atoms with Gasteiger partial charge in [-0.25, -0.2) is 8.42 Å². The Bertz CT molecular complexity index is 615. The highest BCUT2D eigenvalue weighted by atomic mass is 32.2. The van der Waals surface area contributed by atoms with Gasteiger partial charge >= 0.3 is 6.18 Å². The summed E-state index contributed by atoms with van der Waals surface area (Å²) in [4.78, 5) is -0.660. The highest BCUT2D eigenvalue weighted by Crippen LogP contribution is 2.35. The third-order valence-electron chi connectivity index (χ3n) is 3.78. The molecule has 22 heavy (non-hydrogen) atoms. The summed E-state index contributed by atoms with van der Waals surface area (Å²) >= 11 is 0. The van der Waals surface area contributed by atoms with Gasteiger partial charge in [0.15, 0.2) is 0 Å². The van der Waals surface area contributed by atoms with Crippen molar-refractivity contribution in [1.82, 2.24) is 9.62 Å². The first-order valence-electron chi connectivity index (χ1n) is 7.08. The summed E-state index contributed by atoms with van der Waals surface area (Å²) in [5, 5.41) is 2.98. The van der Waals surface area contributed by atoms with Crippen LogP contribution in [0.15, 0.2) is 29.2 Å². The van der Waals surface area contributed by atoms with Crippen LogP contribution in [0, 0.1) is 5.92 Å². The lowest BCUT2D eigenvalue weighted by molar-refractivity contribution is -0.139. The molecule has 1 aliphatic rings. The summed E-state index contributed by atoms with van der Waals surface area (Å²) < 4.78 is 65.5. The van der Waals surface area contributed by atoms with Crippen LogP contribution in [0.1, 0.15) is 18.4 Å². The minimum Gasteiger partial charge on any atom is -0.319 e. The molecule has 0 spiro atoms. The lowest BCUT2D eigenvalue weighted by Gasteiger charge is -2.32. The monoisotopic (exact) mass is 336 g/mol. The van der Waals surface area contributed by atoms with Crippen molar-refractivity contribution in [2.45, 2.75) is 23.9 Å². The topological polar surface area (TPSA) is 49.4 Å². The average molecular weight is 336 g/mol. The number of benzene rings is 1. The van der Waals surface area contributed by atoms with E-state index in [0.29, 0.717) is 13.0 Å². The van der Waals surface area contributed by atoms with E-state index in [-0.39, 0.29) is 19.0 Å². The molecule has 1 fully saturated rings. The molecule has 0 amide bonds. The summed E-state index contributed by atoms with van der Waals surface area (Å²) in [6, 6.07) is 4.35. The van der Waals surface area contributed by atoms with Crippen molar-refractivity contribution < 1.29 is 21.6 Å². The first-order valence-corrected chi connectivity index (χ1v) is 8.52. The molecule has 0 saturated carbocycles. The average Bonchev–Trinajstić information content (AvgIpc) is 2.47. The third-order valence-corrected chi connectivity index (χ3v) is 5.71. The molecule has 1 aromatic carbocycles. The Hall–Kier alpha value is -1.12. The van der Waals surface area contributed by atoms with Gasteiger partial charge in [-0.15, -0.1) is 0 Å². The van der Waals surface area contributed by atoms with E-state index >= 15 is 0 Å². The Balaban J connectivity index is 2.35. The highest BCUT2D eigenvalue weighted by Gasteiger charge is 2.39. The fourth-order valence-corrected chi connectivity index (χ4v) is 4.53. The molecule has 1 unspecified atom stereocenters. The SMILES string of the molecule is CNCC1CCCN(S(=O)(=O)c2ccccc2C(F)(F)F)C1. The lowest BCUT2D eigenvalue weighted by Crippen LogP contribution is -2.42. The summed E-state index contributed by atoms with van der Waals surface area (Å²) in [7, 11) is -2.37. The van der Waals surface area contributed by atoms with Gasteiger partial charge in [0.1, 0.15) is 0 Å². The molecule has 1 atom stereocenters. The summed E-state index contributed by atoms with van der Waals surface area (Å²) in [6.07, 6.45) is -3.17. The second-order valence-corrected chi connectivity index (χ2v) is 7.33. The van der Waals surface area contributed by atoms with Gasteiger partial charge < -0.3 is 5.32 Å². The first-order chi connectivity index (χ1) is 10.3. The van der Waals surface area contributed by atoms with E-state index in [1.165, 1.54) is 16.4 Å². The van der Waals surface area contributed by atoms with Gasteiger partial charge in [-0.2, -0.15) is 17.5 Å². The third kappa shape index (κ3) is 3.61. The number of halogens is 3. The molecule has 2 rings (SSSR count). The van der Waals surface area contributed by atoms with Crippen LogP contribution in [0.4, 0.5) is 13.2 Å². The number of piperidine rings is 1. The van der Waals surface area contributed by atoms with E-state index in [1.54, 1.807) is 7.05 Å². The van der Waals surface area contributed by atoms with Crippen molar-refractivity contribution in [2.75, 3.05) is 26.7 Å². The van der Waals surface area contributed by atoms with Gasteiger partial charge in [-0.3, -0.25) is 0 Å². The van der Waals surface area contributed by atoms with Crippen molar-refractivity contribution in [3.05, 3.63) is 29.8 Å². The van der Waals surface area contributed by atoms with Crippen LogP contribution in [0.3, 0.4) is 0 Å². The zero-order valence-electron chi connectivity index (χ0n) is 12.2. The molecule has 4 nitrogen and oxygen atoms in total. The Morgan fingerprint density at radius 2 is 2.00 bits per heavy atom. The van der Waals surface area contributed by atoms with Crippen LogP contribution in [-0.4, -0.2) is 39.4 Å². The molecule has 124 valence electrons. The molecule has 0 aliphatic carbocycles. The Morgan fingerprint density at radius 1 is 1.32 bits per heavy atom. The van der Waals surface area contributed by atoms with Crippen molar-refractivity contribution in [2.24, 2.45) is 5.92 Å². The maximum atomic E-state index is 13.1. The normalized spacial score (nSPS) is 21.0. The Labute approximate surface area is 128 Å². The highest BCUT2D eigenvalue weighted by molar-refractivity contribution is 7.89. The number of alkyl halides is 3. The van der Waals surface area contributed by atoms with E-state index in [0.717, 1.165) is 18.6 Å². The van der Waals surface area contributed by atoms with Gasteiger partial charge in [-0.1, -0.05) is 12.1 Å². The predicted molar refractivity (Wildman–Crippen MR) is 76.9 cm³/mol. The fourth-order valence-electron chi connectivity index (χ4n) is 2.77. The molecule has 8 heteroatoms. The number of hydrogen-bond acceptors (Lipinski definition) is 3. The predicted octanol–water partition coefficient (Wildman–Crippen LogP) is 2.33. The number of nitrogens with one attached hydrogen (secondary N) is 1. The van der Waals surface area contributed by atoms with Crippen molar-refractivity contribution in [1.29, 1.82) is 0 Å². The fraction of sp³-hybridized carbons (Fsp3) is 0.571. The second kappa shape index (κ2) is 6.55. The Kier molecular flexibility index (Phi) is 5.14. The van der Waals surface area contributed by atoms with Crippen LogP contribution < -0.4 is 5.32 Å². The number of rotatable bonds is 4. The maximum Gasteiger partial charge on any atom is 0.417 e. The molecule has 1 aliphatic heterocycles. The van der Waals surface area contributed by atoms with Crippen LogP contribution in [0.25, 0.3) is 0 Å². The minimum atomic E-state index is -4.69. The Morgan fingerprint density at radius 3 is 2.64 bits per heavy atom. The standard InChI is InChI=1S/C14H19F3N2O2S/c1-18-9-11-5-4-8-19(10-11)22(20,21)13-7-3-2-6-12(13)14(15,16)17/h2-3,6-7,11,18H,4-5,8-10H2,1H3. The van der Waals surface area contributed by atoms with Gasteiger partial charge in [-0.05, 0) is 44.5 Å². The number of nitrogens with zero attached hydrogens (tertiary/aromatic N) is 1. The van der Waals surface area contributed by atoms with E-state index < -0.39 is 26.7 Å². The van der Waals surface area contributed by atoms with Crippen molar-refractivity contribution in [3.8, 4) is 0 Å². The number of hydrogen-bond donors (Lipinski definition) is 1. The van der Waals surface area contributed by atoms with Gasteiger partial charge in [0.05, 0.1) is 10.5 Å². The number of sulfonamides is 1. The van der Waals surface area contributed by atoms with E-state index in [1.807, 2.05) is 0 Å². The molecule has 0 bridgehead atoms. The zero-order chi connectivity index (χ0) is 16.4. The molecule has 1 aromatic rings. The molecule has 1 saturated heterocycles. The summed E-state index contributed by atoms with van der Waals surface area (Å²) in [6.45, 7) is 1.15. The quantitative estimate of drug-likeness (QED) is 0.918. The molecule has 0 radical (unpaired) electrons. The lowest BCUT2D eigenvalue weighted by atomic mass is 10.00. The molecule has 1 heterocycles. The smallest absolute Gasteiger partial charge is 0.319 e.